The molecule has 12 heavy (non-hydrogen) atoms. The first-order valence-electron chi connectivity index (χ1n) is 3.48. The van der Waals surface area contributed by atoms with Gasteiger partial charge in [-0.2, -0.15) is 0 Å². The Hall–Kier alpha value is -1.46. The molecule has 2 aromatic heterocycles. The maximum absolute atomic E-state index is 5.25. The molecule has 58 valence electrons. The summed E-state index contributed by atoms with van der Waals surface area (Å²) >= 11 is 1.57. The Bertz CT molecular complexity index is 403. The summed E-state index contributed by atoms with van der Waals surface area (Å²) in [5.41, 5.74) is 2.20. The SMILES string of the molecule is C#Cc1cc(-c2ccoc2)cs1. The zero-order chi connectivity index (χ0) is 8.39. The van der Waals surface area contributed by atoms with Crippen LogP contribution in [0.1, 0.15) is 4.88 Å². The van der Waals surface area contributed by atoms with E-state index in [1.165, 1.54) is 0 Å². The number of hydrogen-bond acceptors (Lipinski definition) is 2. The van der Waals surface area contributed by atoms with Crippen LogP contribution in [0.25, 0.3) is 11.1 Å². The molecule has 0 radical (unpaired) electrons. The summed E-state index contributed by atoms with van der Waals surface area (Å²) < 4.78 is 4.96. The van der Waals surface area contributed by atoms with Gasteiger partial charge in [0.25, 0.3) is 0 Å². The van der Waals surface area contributed by atoms with Crippen molar-refractivity contribution in [1.82, 2.24) is 0 Å². The smallest absolute Gasteiger partial charge is 0.0981 e. The van der Waals surface area contributed by atoms with Crippen molar-refractivity contribution in [3.8, 4) is 23.5 Å². The topological polar surface area (TPSA) is 13.1 Å². The van der Waals surface area contributed by atoms with Crippen LogP contribution in [0.2, 0.25) is 0 Å². The van der Waals surface area contributed by atoms with Gasteiger partial charge in [0, 0.05) is 5.56 Å². The second kappa shape index (κ2) is 2.88. The van der Waals surface area contributed by atoms with Crippen molar-refractivity contribution in [2.24, 2.45) is 0 Å². The van der Waals surface area contributed by atoms with Crippen molar-refractivity contribution < 1.29 is 4.42 Å². The maximum atomic E-state index is 5.25. The maximum Gasteiger partial charge on any atom is 0.0981 e. The first-order valence-corrected chi connectivity index (χ1v) is 4.36. The largest absolute Gasteiger partial charge is 0.472 e. The molecule has 0 N–H and O–H groups in total. The van der Waals surface area contributed by atoms with E-state index in [0.717, 1.165) is 16.0 Å². The molecule has 0 amide bonds. The van der Waals surface area contributed by atoms with Crippen LogP contribution in [0, 0.1) is 12.3 Å². The van der Waals surface area contributed by atoms with E-state index < -0.39 is 0 Å². The summed E-state index contributed by atoms with van der Waals surface area (Å²) in [5.74, 6) is 2.60. The molecule has 2 aromatic rings. The van der Waals surface area contributed by atoms with Gasteiger partial charge in [0.15, 0.2) is 0 Å². The van der Waals surface area contributed by atoms with Gasteiger partial charge >= 0.3 is 0 Å². The Kier molecular flexibility index (Phi) is 1.73. The monoisotopic (exact) mass is 174 g/mol. The van der Waals surface area contributed by atoms with Crippen molar-refractivity contribution in [2.45, 2.75) is 0 Å². The molecule has 1 nitrogen and oxygen atoms in total. The highest BCUT2D eigenvalue weighted by Gasteiger charge is 2.00. The Labute approximate surface area is 74.7 Å². The van der Waals surface area contributed by atoms with Crippen molar-refractivity contribution in [1.29, 1.82) is 0 Å². The van der Waals surface area contributed by atoms with Crippen molar-refractivity contribution in [3.05, 3.63) is 34.9 Å². The molecule has 0 fully saturated rings. The lowest BCUT2D eigenvalue weighted by Crippen LogP contribution is -1.63. The molecule has 0 aliphatic heterocycles. The quantitative estimate of drug-likeness (QED) is 0.606. The zero-order valence-electron chi connectivity index (χ0n) is 6.28. The predicted molar refractivity (Wildman–Crippen MR) is 50.0 cm³/mol. The third-order valence-electron chi connectivity index (χ3n) is 1.60. The van der Waals surface area contributed by atoms with Crippen molar-refractivity contribution in [2.75, 3.05) is 0 Å². The number of terminal acetylenes is 1. The molecule has 0 atom stereocenters. The van der Waals surface area contributed by atoms with Gasteiger partial charge in [0.2, 0.25) is 0 Å². The lowest BCUT2D eigenvalue weighted by molar-refractivity contribution is 0.568. The third-order valence-corrected chi connectivity index (χ3v) is 2.46. The first kappa shape index (κ1) is 7.20. The second-order valence-electron chi connectivity index (χ2n) is 2.36. The number of rotatable bonds is 1. The molecular weight excluding hydrogens is 168 g/mol. The van der Waals surface area contributed by atoms with Crippen molar-refractivity contribution in [3.63, 3.8) is 0 Å². The number of furan rings is 1. The van der Waals surface area contributed by atoms with Gasteiger partial charge in [-0.3, -0.25) is 0 Å². The molecule has 2 rings (SSSR count). The highest BCUT2D eigenvalue weighted by atomic mass is 32.1. The normalized spacial score (nSPS) is 9.58. The summed E-state index contributed by atoms with van der Waals surface area (Å²) in [6, 6.07) is 3.90. The molecule has 0 bridgehead atoms. The Balaban J connectivity index is 2.44. The highest BCUT2D eigenvalue weighted by Crippen LogP contribution is 2.25. The van der Waals surface area contributed by atoms with E-state index in [0.29, 0.717) is 0 Å². The lowest BCUT2D eigenvalue weighted by atomic mass is 10.2. The second-order valence-corrected chi connectivity index (χ2v) is 3.27. The van der Waals surface area contributed by atoms with E-state index in [2.05, 4.69) is 5.92 Å². The van der Waals surface area contributed by atoms with E-state index in [1.54, 1.807) is 23.9 Å². The minimum absolute atomic E-state index is 0.950. The zero-order valence-corrected chi connectivity index (χ0v) is 7.10. The molecule has 0 aliphatic carbocycles. The highest BCUT2D eigenvalue weighted by molar-refractivity contribution is 7.11. The van der Waals surface area contributed by atoms with Gasteiger partial charge in [-0.25, -0.2) is 0 Å². The van der Waals surface area contributed by atoms with Gasteiger partial charge < -0.3 is 4.42 Å². The summed E-state index contributed by atoms with van der Waals surface area (Å²) in [4.78, 5) is 0.950. The first-order chi connectivity index (χ1) is 5.90. The average Bonchev–Trinajstić information content (AvgIpc) is 2.75. The molecule has 0 unspecified atom stereocenters. The van der Waals surface area contributed by atoms with Gasteiger partial charge in [-0.15, -0.1) is 17.8 Å². The molecule has 0 aromatic carbocycles. The van der Waals surface area contributed by atoms with E-state index in [4.69, 9.17) is 10.8 Å². The van der Waals surface area contributed by atoms with Gasteiger partial charge in [-0.05, 0) is 23.1 Å². The fourth-order valence-corrected chi connectivity index (χ4v) is 1.71. The van der Waals surface area contributed by atoms with Crippen molar-refractivity contribution >= 4 is 11.3 Å². The summed E-state index contributed by atoms with van der Waals surface area (Å²) in [7, 11) is 0. The Morgan fingerprint density at radius 1 is 1.42 bits per heavy atom. The third kappa shape index (κ3) is 1.15. The molecule has 0 saturated heterocycles. The predicted octanol–water partition coefficient (Wildman–Crippen LogP) is 2.99. The molecule has 2 heterocycles. The van der Waals surface area contributed by atoms with Crippen LogP contribution in [0.5, 0.6) is 0 Å². The molecule has 2 heteroatoms. The van der Waals surface area contributed by atoms with Gasteiger partial charge in [-0.1, -0.05) is 5.92 Å². The molecule has 0 spiro atoms. The van der Waals surface area contributed by atoms with Crippen LogP contribution in [0.3, 0.4) is 0 Å². The molecule has 0 aliphatic rings. The van der Waals surface area contributed by atoms with Gasteiger partial charge in [0.05, 0.1) is 17.4 Å². The fourth-order valence-electron chi connectivity index (χ4n) is 0.992. The number of thiophene rings is 1. The standard InChI is InChI=1S/C10H6OS/c1-2-10-5-9(7-12-10)8-3-4-11-6-8/h1,3-7H. The van der Waals surface area contributed by atoms with E-state index in [1.807, 2.05) is 17.5 Å². The molecular formula is C10H6OS. The fraction of sp³-hybridized carbons (Fsp3) is 0. The van der Waals surface area contributed by atoms with Crippen LogP contribution in [-0.2, 0) is 0 Å². The van der Waals surface area contributed by atoms with E-state index >= 15 is 0 Å². The van der Waals surface area contributed by atoms with Crippen LogP contribution in [-0.4, -0.2) is 0 Å². The van der Waals surface area contributed by atoms with Gasteiger partial charge in [0.1, 0.15) is 0 Å². The summed E-state index contributed by atoms with van der Waals surface area (Å²) in [6.07, 6.45) is 8.62. The summed E-state index contributed by atoms with van der Waals surface area (Å²) in [6.45, 7) is 0. The van der Waals surface area contributed by atoms with E-state index in [9.17, 15) is 0 Å². The van der Waals surface area contributed by atoms with Crippen LogP contribution >= 0.6 is 11.3 Å². The van der Waals surface area contributed by atoms with E-state index in [-0.39, 0.29) is 0 Å². The Morgan fingerprint density at radius 3 is 2.92 bits per heavy atom. The van der Waals surface area contributed by atoms with Crippen LogP contribution < -0.4 is 0 Å². The minimum Gasteiger partial charge on any atom is -0.472 e. The van der Waals surface area contributed by atoms with Crippen LogP contribution in [0.4, 0.5) is 0 Å². The number of hydrogen-bond donors (Lipinski definition) is 0. The Morgan fingerprint density at radius 2 is 2.33 bits per heavy atom. The molecule has 0 saturated carbocycles. The van der Waals surface area contributed by atoms with Crippen LogP contribution in [0.15, 0.2) is 34.5 Å². The summed E-state index contributed by atoms with van der Waals surface area (Å²) in [5, 5.41) is 2.03. The lowest BCUT2D eigenvalue weighted by Gasteiger charge is -1.84. The minimum atomic E-state index is 0.950. The average molecular weight is 174 g/mol.